The molecule has 0 saturated heterocycles. The SMILES string of the molecule is C[C@@H](N[C@@H](CC(=O)O)C[N+](C)(C)C)c1ccccc1.[Cl-]. The van der Waals surface area contributed by atoms with E-state index in [2.05, 4.69) is 45.5 Å². The van der Waals surface area contributed by atoms with Crippen molar-refractivity contribution in [1.82, 2.24) is 5.32 Å². The predicted molar refractivity (Wildman–Crippen MR) is 76.9 cm³/mol. The molecule has 1 aromatic carbocycles. The Bertz CT molecular complexity index is 404. The lowest BCUT2D eigenvalue weighted by Crippen LogP contribution is -3.00. The molecule has 0 aliphatic carbocycles. The van der Waals surface area contributed by atoms with E-state index in [-0.39, 0.29) is 30.9 Å². The summed E-state index contributed by atoms with van der Waals surface area (Å²) in [5, 5.41) is 12.4. The highest BCUT2D eigenvalue weighted by Gasteiger charge is 2.22. The van der Waals surface area contributed by atoms with Crippen LogP contribution in [0.3, 0.4) is 0 Å². The maximum atomic E-state index is 11.0. The highest BCUT2D eigenvalue weighted by molar-refractivity contribution is 5.67. The van der Waals surface area contributed by atoms with Gasteiger partial charge in [0.05, 0.1) is 40.2 Å². The summed E-state index contributed by atoms with van der Waals surface area (Å²) in [6.07, 6.45) is 0.146. The van der Waals surface area contributed by atoms with Crippen LogP contribution in [-0.4, -0.2) is 49.3 Å². The van der Waals surface area contributed by atoms with E-state index in [1.165, 1.54) is 5.56 Å². The first kappa shape index (κ1) is 18.9. The van der Waals surface area contributed by atoms with Crippen molar-refractivity contribution < 1.29 is 26.8 Å². The minimum Gasteiger partial charge on any atom is -1.00 e. The zero-order chi connectivity index (χ0) is 14.5. The van der Waals surface area contributed by atoms with Crippen LogP contribution in [0.1, 0.15) is 24.9 Å². The van der Waals surface area contributed by atoms with Gasteiger partial charge in [-0.2, -0.15) is 0 Å². The summed E-state index contributed by atoms with van der Waals surface area (Å²) in [4.78, 5) is 11.0. The van der Waals surface area contributed by atoms with Gasteiger partial charge >= 0.3 is 5.97 Å². The summed E-state index contributed by atoms with van der Waals surface area (Å²) in [5.41, 5.74) is 1.18. The molecule has 114 valence electrons. The molecule has 1 rings (SSSR count). The Morgan fingerprint density at radius 1 is 1.25 bits per heavy atom. The highest BCUT2D eigenvalue weighted by Crippen LogP contribution is 2.13. The Morgan fingerprint density at radius 2 is 1.80 bits per heavy atom. The van der Waals surface area contributed by atoms with Gasteiger partial charge in [-0.3, -0.25) is 4.79 Å². The molecule has 0 saturated carbocycles. The number of quaternary nitrogens is 1. The van der Waals surface area contributed by atoms with E-state index >= 15 is 0 Å². The maximum absolute atomic E-state index is 11.0. The minimum atomic E-state index is -0.758. The number of rotatable bonds is 7. The molecule has 2 atom stereocenters. The third-order valence-corrected chi connectivity index (χ3v) is 2.97. The lowest BCUT2D eigenvalue weighted by molar-refractivity contribution is -0.871. The smallest absolute Gasteiger partial charge is 0.305 e. The number of hydrogen-bond donors (Lipinski definition) is 2. The highest BCUT2D eigenvalue weighted by atomic mass is 35.5. The van der Waals surface area contributed by atoms with Gasteiger partial charge in [-0.1, -0.05) is 30.3 Å². The number of aliphatic carboxylic acids is 1. The standard InChI is InChI=1S/C15H24N2O2.ClH/c1-12(13-8-6-5-7-9-13)16-14(10-15(18)19)11-17(2,3)4;/h5-9,12,14,16H,10-11H2,1-4H3;1H/t12-,14+;/m1./s1. The van der Waals surface area contributed by atoms with E-state index in [0.717, 1.165) is 11.0 Å². The van der Waals surface area contributed by atoms with Crippen molar-refractivity contribution in [2.75, 3.05) is 27.7 Å². The maximum Gasteiger partial charge on any atom is 0.305 e. The van der Waals surface area contributed by atoms with Gasteiger partial charge in [-0.25, -0.2) is 0 Å². The summed E-state index contributed by atoms with van der Waals surface area (Å²) in [6.45, 7) is 2.85. The summed E-state index contributed by atoms with van der Waals surface area (Å²) in [6, 6.07) is 10.2. The fourth-order valence-electron chi connectivity index (χ4n) is 2.24. The first-order valence-electron chi connectivity index (χ1n) is 6.61. The van der Waals surface area contributed by atoms with Crippen LogP contribution in [0.5, 0.6) is 0 Å². The Morgan fingerprint density at radius 3 is 2.25 bits per heavy atom. The normalized spacial score (nSPS) is 14.2. The fraction of sp³-hybridized carbons (Fsp3) is 0.533. The molecule has 0 bridgehead atoms. The Labute approximate surface area is 127 Å². The van der Waals surface area contributed by atoms with Crippen molar-refractivity contribution in [3.63, 3.8) is 0 Å². The van der Waals surface area contributed by atoms with Crippen molar-refractivity contribution >= 4 is 5.97 Å². The average Bonchev–Trinajstić information content (AvgIpc) is 2.26. The molecule has 5 heteroatoms. The van der Waals surface area contributed by atoms with Crippen LogP contribution >= 0.6 is 0 Å². The van der Waals surface area contributed by atoms with Crippen LogP contribution < -0.4 is 17.7 Å². The molecular weight excluding hydrogens is 276 g/mol. The Balaban J connectivity index is 0.00000361. The first-order valence-corrected chi connectivity index (χ1v) is 6.61. The van der Waals surface area contributed by atoms with E-state index in [4.69, 9.17) is 5.11 Å². The molecule has 0 aliphatic rings. The number of carbonyl (C=O) groups is 1. The van der Waals surface area contributed by atoms with Crippen molar-refractivity contribution in [2.24, 2.45) is 0 Å². The van der Waals surface area contributed by atoms with E-state index in [9.17, 15) is 4.79 Å². The van der Waals surface area contributed by atoms with Gasteiger partial charge in [-0.05, 0) is 12.5 Å². The largest absolute Gasteiger partial charge is 1.00 e. The first-order chi connectivity index (χ1) is 8.78. The monoisotopic (exact) mass is 300 g/mol. The zero-order valence-electron chi connectivity index (χ0n) is 12.6. The van der Waals surface area contributed by atoms with Crippen molar-refractivity contribution in [3.8, 4) is 0 Å². The van der Waals surface area contributed by atoms with Crippen LogP contribution in [0.25, 0.3) is 0 Å². The van der Waals surface area contributed by atoms with Crippen molar-refractivity contribution in [3.05, 3.63) is 35.9 Å². The van der Waals surface area contributed by atoms with Gasteiger partial charge in [0, 0.05) is 6.04 Å². The number of nitrogens with zero attached hydrogens (tertiary/aromatic N) is 1. The molecule has 2 N–H and O–H groups in total. The Kier molecular flexibility index (Phi) is 7.79. The topological polar surface area (TPSA) is 49.3 Å². The number of carboxylic acid groups (broad SMARTS) is 1. The summed E-state index contributed by atoms with van der Waals surface area (Å²) in [7, 11) is 6.22. The summed E-state index contributed by atoms with van der Waals surface area (Å²) < 4.78 is 0.743. The molecule has 0 amide bonds. The lowest BCUT2D eigenvalue weighted by atomic mass is 10.1. The van der Waals surface area contributed by atoms with Crippen LogP contribution in [-0.2, 0) is 4.79 Å². The van der Waals surface area contributed by atoms with Gasteiger partial charge < -0.3 is 27.3 Å². The molecule has 0 unspecified atom stereocenters. The summed E-state index contributed by atoms with van der Waals surface area (Å²) >= 11 is 0. The van der Waals surface area contributed by atoms with Gasteiger partial charge in [0.15, 0.2) is 0 Å². The van der Waals surface area contributed by atoms with Crippen LogP contribution in [0.15, 0.2) is 30.3 Å². The molecular formula is C15H25ClN2O2. The average molecular weight is 301 g/mol. The van der Waals surface area contributed by atoms with E-state index in [1.54, 1.807) is 0 Å². The second-order valence-corrected chi connectivity index (χ2v) is 6.07. The fourth-order valence-corrected chi connectivity index (χ4v) is 2.24. The predicted octanol–water partition coefficient (Wildman–Crippen LogP) is -1.11. The molecule has 0 aromatic heterocycles. The third-order valence-electron chi connectivity index (χ3n) is 2.97. The van der Waals surface area contributed by atoms with E-state index < -0.39 is 5.97 Å². The molecule has 0 heterocycles. The Hall–Kier alpha value is -1.10. The third kappa shape index (κ3) is 7.48. The van der Waals surface area contributed by atoms with E-state index in [1.807, 2.05) is 18.2 Å². The second-order valence-electron chi connectivity index (χ2n) is 6.07. The summed E-state index contributed by atoms with van der Waals surface area (Å²) in [5.74, 6) is -0.758. The van der Waals surface area contributed by atoms with Crippen LogP contribution in [0.2, 0.25) is 0 Å². The second kappa shape index (κ2) is 8.25. The van der Waals surface area contributed by atoms with Gasteiger partial charge in [0.25, 0.3) is 0 Å². The molecule has 1 aromatic rings. The number of halogens is 1. The molecule has 0 fully saturated rings. The number of likely N-dealkylation sites (N-methyl/N-ethyl adjacent to an activating group) is 1. The van der Waals surface area contributed by atoms with Gasteiger partial charge in [0.2, 0.25) is 0 Å². The van der Waals surface area contributed by atoms with E-state index in [0.29, 0.717) is 0 Å². The molecule has 4 nitrogen and oxygen atoms in total. The van der Waals surface area contributed by atoms with Gasteiger partial charge in [-0.15, -0.1) is 0 Å². The minimum absolute atomic E-state index is 0. The van der Waals surface area contributed by atoms with Crippen LogP contribution in [0, 0.1) is 0 Å². The van der Waals surface area contributed by atoms with Crippen LogP contribution in [0.4, 0.5) is 0 Å². The number of nitrogens with one attached hydrogen (secondary N) is 1. The molecule has 20 heavy (non-hydrogen) atoms. The van der Waals surface area contributed by atoms with Crippen molar-refractivity contribution in [1.29, 1.82) is 0 Å². The molecule has 0 aliphatic heterocycles. The van der Waals surface area contributed by atoms with Gasteiger partial charge in [0.1, 0.15) is 0 Å². The molecule has 0 radical (unpaired) electrons. The number of carboxylic acids is 1. The van der Waals surface area contributed by atoms with Crippen molar-refractivity contribution in [2.45, 2.75) is 25.4 Å². The quantitative estimate of drug-likeness (QED) is 0.628. The number of hydrogen-bond acceptors (Lipinski definition) is 2. The zero-order valence-corrected chi connectivity index (χ0v) is 13.4. The molecule has 0 spiro atoms. The lowest BCUT2D eigenvalue weighted by Gasteiger charge is -2.31. The number of benzene rings is 1.